The summed E-state index contributed by atoms with van der Waals surface area (Å²) < 4.78 is 6.45. The molecule has 0 N–H and O–H groups in total. The van der Waals surface area contributed by atoms with Crippen molar-refractivity contribution in [2.45, 2.75) is 18.6 Å². The molecule has 2 aliphatic rings. The second kappa shape index (κ2) is 2.25. The van der Waals surface area contributed by atoms with Crippen molar-refractivity contribution in [3.63, 3.8) is 0 Å². The molecule has 0 amide bonds. The molecule has 1 aromatic rings. The Labute approximate surface area is 83.8 Å². The van der Waals surface area contributed by atoms with Crippen LogP contribution in [0.3, 0.4) is 0 Å². The molecule has 1 nitrogen and oxygen atoms in total. The summed E-state index contributed by atoms with van der Waals surface area (Å²) in [5, 5.41) is 0.871. The van der Waals surface area contributed by atoms with Gasteiger partial charge in [0.2, 0.25) is 0 Å². The summed E-state index contributed by atoms with van der Waals surface area (Å²) in [5.41, 5.74) is 2.56. The maximum absolute atomic E-state index is 6.08. The van der Waals surface area contributed by atoms with Crippen LogP contribution in [0.25, 0.3) is 0 Å². The Kier molecular flexibility index (Phi) is 1.38. The molecular formula is C9H6BrClO. The van der Waals surface area contributed by atoms with Crippen molar-refractivity contribution < 1.29 is 4.74 Å². The predicted octanol–water partition coefficient (Wildman–Crippen LogP) is 3.10. The Morgan fingerprint density at radius 1 is 1.50 bits per heavy atom. The SMILES string of the molecule is Clc1cc(Br)cc2c1CC1OC21. The van der Waals surface area contributed by atoms with Gasteiger partial charge in [-0.2, -0.15) is 0 Å². The molecule has 12 heavy (non-hydrogen) atoms. The molecule has 2 unspecified atom stereocenters. The van der Waals surface area contributed by atoms with E-state index in [1.54, 1.807) is 0 Å². The van der Waals surface area contributed by atoms with E-state index in [4.69, 9.17) is 16.3 Å². The topological polar surface area (TPSA) is 12.5 Å². The van der Waals surface area contributed by atoms with Crippen LogP contribution in [0.2, 0.25) is 5.02 Å². The third kappa shape index (κ3) is 0.889. The Bertz CT molecular complexity index is 364. The fourth-order valence-corrected chi connectivity index (χ4v) is 2.78. The number of halogens is 2. The van der Waals surface area contributed by atoms with Gasteiger partial charge in [0.05, 0.1) is 6.10 Å². The molecule has 3 rings (SSSR count). The molecule has 1 aliphatic heterocycles. The minimum Gasteiger partial charge on any atom is -0.364 e. The lowest BCUT2D eigenvalue weighted by Gasteiger charge is -2.04. The van der Waals surface area contributed by atoms with Crippen LogP contribution in [-0.2, 0) is 11.2 Å². The predicted molar refractivity (Wildman–Crippen MR) is 50.5 cm³/mol. The van der Waals surface area contributed by atoms with Gasteiger partial charge in [-0.25, -0.2) is 0 Å². The largest absolute Gasteiger partial charge is 0.364 e. The summed E-state index contributed by atoms with van der Waals surface area (Å²) in [6.07, 6.45) is 1.76. The molecule has 1 fully saturated rings. The highest BCUT2D eigenvalue weighted by atomic mass is 79.9. The van der Waals surface area contributed by atoms with Gasteiger partial charge in [0.1, 0.15) is 6.10 Å². The standard InChI is InChI=1S/C9H6BrClO/c10-4-1-6-5(7(11)2-4)3-8-9(6)12-8/h1-2,8-9H,3H2. The van der Waals surface area contributed by atoms with E-state index < -0.39 is 0 Å². The fourth-order valence-electron chi connectivity index (χ4n) is 1.87. The van der Waals surface area contributed by atoms with Crippen molar-refractivity contribution in [3.05, 3.63) is 32.8 Å². The van der Waals surface area contributed by atoms with E-state index in [0.29, 0.717) is 12.2 Å². The molecule has 0 bridgehead atoms. The Morgan fingerprint density at radius 2 is 2.33 bits per heavy atom. The normalized spacial score (nSPS) is 29.8. The first-order valence-corrected chi connectivity index (χ1v) is 5.06. The summed E-state index contributed by atoms with van der Waals surface area (Å²) in [5.74, 6) is 0. The van der Waals surface area contributed by atoms with E-state index in [-0.39, 0.29) is 0 Å². The van der Waals surface area contributed by atoms with E-state index in [9.17, 15) is 0 Å². The van der Waals surface area contributed by atoms with E-state index in [1.165, 1.54) is 11.1 Å². The van der Waals surface area contributed by atoms with Crippen molar-refractivity contribution in [3.8, 4) is 0 Å². The highest BCUT2D eigenvalue weighted by Gasteiger charge is 2.47. The second-order valence-corrected chi connectivity index (χ2v) is 4.58. The third-order valence-electron chi connectivity index (χ3n) is 2.49. The Balaban J connectivity index is 2.24. The smallest absolute Gasteiger partial charge is 0.110 e. The highest BCUT2D eigenvalue weighted by Crippen LogP contribution is 2.51. The van der Waals surface area contributed by atoms with E-state index in [2.05, 4.69) is 22.0 Å². The van der Waals surface area contributed by atoms with Crippen molar-refractivity contribution in [2.75, 3.05) is 0 Å². The molecular weight excluding hydrogens is 239 g/mol. The molecule has 0 spiro atoms. The fraction of sp³-hybridized carbons (Fsp3) is 0.333. The van der Waals surface area contributed by atoms with Gasteiger partial charge in [-0.1, -0.05) is 27.5 Å². The third-order valence-corrected chi connectivity index (χ3v) is 3.28. The molecule has 0 saturated carbocycles. The van der Waals surface area contributed by atoms with Gasteiger partial charge in [0.15, 0.2) is 0 Å². The highest BCUT2D eigenvalue weighted by molar-refractivity contribution is 9.10. The first-order valence-electron chi connectivity index (χ1n) is 3.89. The zero-order chi connectivity index (χ0) is 8.29. The van der Waals surface area contributed by atoms with Crippen molar-refractivity contribution in [1.82, 2.24) is 0 Å². The van der Waals surface area contributed by atoms with Crippen LogP contribution in [-0.4, -0.2) is 6.10 Å². The van der Waals surface area contributed by atoms with Gasteiger partial charge in [-0.05, 0) is 23.3 Å². The number of rotatable bonds is 0. The van der Waals surface area contributed by atoms with Crippen LogP contribution in [0, 0.1) is 0 Å². The van der Waals surface area contributed by atoms with Gasteiger partial charge >= 0.3 is 0 Å². The molecule has 0 radical (unpaired) electrons. The lowest BCUT2D eigenvalue weighted by Crippen LogP contribution is -1.90. The maximum atomic E-state index is 6.08. The number of hydrogen-bond donors (Lipinski definition) is 0. The first kappa shape index (κ1) is 7.36. The lowest BCUT2D eigenvalue weighted by atomic mass is 10.1. The van der Waals surface area contributed by atoms with Gasteiger partial charge in [-0.3, -0.25) is 0 Å². The number of fused-ring (bicyclic) bond motifs is 3. The Morgan fingerprint density at radius 3 is 3.17 bits per heavy atom. The van der Waals surface area contributed by atoms with Crippen LogP contribution in [0.1, 0.15) is 17.2 Å². The van der Waals surface area contributed by atoms with Gasteiger partial charge in [0, 0.05) is 15.9 Å². The van der Waals surface area contributed by atoms with E-state index >= 15 is 0 Å². The van der Waals surface area contributed by atoms with Crippen LogP contribution in [0.4, 0.5) is 0 Å². The second-order valence-electron chi connectivity index (χ2n) is 3.25. The molecule has 2 atom stereocenters. The molecule has 1 saturated heterocycles. The van der Waals surface area contributed by atoms with Crippen LogP contribution in [0.15, 0.2) is 16.6 Å². The summed E-state index contributed by atoms with van der Waals surface area (Å²) >= 11 is 9.50. The van der Waals surface area contributed by atoms with Crippen LogP contribution in [0.5, 0.6) is 0 Å². The molecule has 3 heteroatoms. The maximum Gasteiger partial charge on any atom is 0.110 e. The molecule has 62 valence electrons. The number of hydrogen-bond acceptors (Lipinski definition) is 1. The quantitative estimate of drug-likeness (QED) is 0.640. The Hall–Kier alpha value is -0.0500. The summed E-state index contributed by atoms with van der Waals surface area (Å²) in [6.45, 7) is 0. The zero-order valence-electron chi connectivity index (χ0n) is 6.18. The first-order chi connectivity index (χ1) is 5.75. The summed E-state index contributed by atoms with van der Waals surface area (Å²) in [7, 11) is 0. The lowest BCUT2D eigenvalue weighted by molar-refractivity contribution is 0.361. The number of benzene rings is 1. The van der Waals surface area contributed by atoms with Crippen LogP contribution < -0.4 is 0 Å². The zero-order valence-corrected chi connectivity index (χ0v) is 8.52. The monoisotopic (exact) mass is 244 g/mol. The minimum atomic E-state index is 0.343. The number of epoxide rings is 1. The van der Waals surface area contributed by atoms with Crippen molar-refractivity contribution in [2.24, 2.45) is 0 Å². The minimum absolute atomic E-state index is 0.343. The van der Waals surface area contributed by atoms with E-state index in [1.807, 2.05) is 6.07 Å². The average Bonchev–Trinajstić information content (AvgIpc) is 2.68. The summed E-state index contributed by atoms with van der Waals surface area (Å²) in [6, 6.07) is 4.06. The number of ether oxygens (including phenoxy) is 1. The molecule has 1 heterocycles. The van der Waals surface area contributed by atoms with Crippen molar-refractivity contribution in [1.29, 1.82) is 0 Å². The van der Waals surface area contributed by atoms with Crippen molar-refractivity contribution >= 4 is 27.5 Å². The molecule has 1 aliphatic carbocycles. The summed E-state index contributed by atoms with van der Waals surface area (Å²) in [4.78, 5) is 0. The molecule has 1 aromatic carbocycles. The van der Waals surface area contributed by atoms with Gasteiger partial charge in [-0.15, -0.1) is 0 Å². The molecule has 0 aromatic heterocycles. The van der Waals surface area contributed by atoms with Gasteiger partial charge < -0.3 is 4.74 Å². The average molecular weight is 246 g/mol. The van der Waals surface area contributed by atoms with E-state index in [0.717, 1.165) is 15.9 Å². The van der Waals surface area contributed by atoms with Crippen LogP contribution >= 0.6 is 27.5 Å². The van der Waals surface area contributed by atoms with Gasteiger partial charge in [0.25, 0.3) is 0 Å².